The number of hydrogen-bond donors (Lipinski definition) is 0. The van der Waals surface area contributed by atoms with Crippen molar-refractivity contribution in [3.8, 4) is 23.0 Å². The lowest BCUT2D eigenvalue weighted by atomic mass is 10.1. The average Bonchev–Trinajstić information content (AvgIpc) is 3.08. The predicted octanol–water partition coefficient (Wildman–Crippen LogP) is 3.74. The minimum absolute atomic E-state index is 0.0465. The molecule has 0 bridgehead atoms. The van der Waals surface area contributed by atoms with Gasteiger partial charge in [-0.25, -0.2) is 9.79 Å². The normalized spacial score (nSPS) is 14.2. The summed E-state index contributed by atoms with van der Waals surface area (Å²) in [5.41, 5.74) is 1.00. The van der Waals surface area contributed by atoms with E-state index >= 15 is 0 Å². The third-order valence-electron chi connectivity index (χ3n) is 4.05. The van der Waals surface area contributed by atoms with E-state index in [9.17, 15) is 9.59 Å². The molecule has 0 unspecified atom stereocenters. The molecule has 156 valence electrons. The van der Waals surface area contributed by atoms with Crippen LogP contribution in [0.2, 0.25) is 0 Å². The molecule has 0 amide bonds. The number of carbonyl (C=O) groups is 2. The number of aliphatic imine (C=N–C) groups is 1. The van der Waals surface area contributed by atoms with Gasteiger partial charge >= 0.3 is 11.9 Å². The van der Waals surface area contributed by atoms with Gasteiger partial charge in [-0.15, -0.1) is 0 Å². The minimum Gasteiger partial charge on any atom is -0.493 e. The maximum Gasteiger partial charge on any atom is 0.363 e. The maximum atomic E-state index is 12.4. The van der Waals surface area contributed by atoms with Crippen molar-refractivity contribution in [1.82, 2.24) is 0 Å². The topological polar surface area (TPSA) is 92.7 Å². The standard InChI is InChI=1S/C21H18BrNO7/c1-11(24)29-16-6-5-14(22)7-12(16)8-15-21(25)30-20(23-15)13-9-17(26-2)19(28-4)18(10-13)27-3/h5-10H,1-4H3/b15-8-. The fourth-order valence-electron chi connectivity index (χ4n) is 2.76. The first-order valence-electron chi connectivity index (χ1n) is 8.67. The molecule has 1 aliphatic rings. The van der Waals surface area contributed by atoms with Crippen molar-refractivity contribution in [2.75, 3.05) is 21.3 Å². The highest BCUT2D eigenvalue weighted by molar-refractivity contribution is 9.10. The summed E-state index contributed by atoms with van der Waals surface area (Å²) < 4.78 is 27.2. The summed E-state index contributed by atoms with van der Waals surface area (Å²) in [6.07, 6.45) is 1.48. The van der Waals surface area contributed by atoms with Crippen molar-refractivity contribution in [3.05, 3.63) is 51.6 Å². The zero-order valence-electron chi connectivity index (χ0n) is 16.6. The molecule has 0 saturated carbocycles. The Balaban J connectivity index is 2.04. The van der Waals surface area contributed by atoms with E-state index in [1.165, 1.54) is 34.3 Å². The molecule has 0 aliphatic carbocycles. The summed E-state index contributed by atoms with van der Waals surface area (Å²) in [6, 6.07) is 8.28. The van der Waals surface area contributed by atoms with Crippen LogP contribution in [0.3, 0.4) is 0 Å². The van der Waals surface area contributed by atoms with E-state index in [2.05, 4.69) is 20.9 Å². The van der Waals surface area contributed by atoms with E-state index in [0.29, 0.717) is 34.1 Å². The molecule has 30 heavy (non-hydrogen) atoms. The lowest BCUT2D eigenvalue weighted by molar-refractivity contribution is -0.132. The number of nitrogens with zero attached hydrogens (tertiary/aromatic N) is 1. The molecule has 0 N–H and O–H groups in total. The lowest BCUT2D eigenvalue weighted by Crippen LogP contribution is -2.07. The van der Waals surface area contributed by atoms with Crippen LogP contribution in [-0.4, -0.2) is 39.2 Å². The number of carbonyl (C=O) groups excluding carboxylic acids is 2. The highest BCUT2D eigenvalue weighted by Gasteiger charge is 2.27. The molecule has 9 heteroatoms. The molecule has 0 saturated heterocycles. The van der Waals surface area contributed by atoms with Crippen LogP contribution in [0, 0.1) is 0 Å². The fraction of sp³-hybridized carbons (Fsp3) is 0.190. The largest absolute Gasteiger partial charge is 0.493 e. The summed E-state index contributed by atoms with van der Waals surface area (Å²) >= 11 is 3.36. The van der Waals surface area contributed by atoms with Crippen molar-refractivity contribution in [2.24, 2.45) is 4.99 Å². The summed E-state index contributed by atoms with van der Waals surface area (Å²) in [6.45, 7) is 1.30. The monoisotopic (exact) mass is 475 g/mol. The third-order valence-corrected chi connectivity index (χ3v) is 4.54. The van der Waals surface area contributed by atoms with Gasteiger partial charge in [-0.3, -0.25) is 4.79 Å². The Kier molecular flexibility index (Phi) is 6.41. The van der Waals surface area contributed by atoms with E-state index in [-0.39, 0.29) is 11.6 Å². The van der Waals surface area contributed by atoms with Crippen LogP contribution in [0.4, 0.5) is 0 Å². The molecular formula is C21H18BrNO7. The summed E-state index contributed by atoms with van der Waals surface area (Å²) in [5, 5.41) is 0. The minimum atomic E-state index is -0.646. The van der Waals surface area contributed by atoms with E-state index in [4.69, 9.17) is 23.7 Å². The molecule has 0 radical (unpaired) electrons. The van der Waals surface area contributed by atoms with Crippen molar-refractivity contribution >= 4 is 39.8 Å². The molecule has 1 aliphatic heterocycles. The first kappa shape index (κ1) is 21.4. The molecule has 0 fully saturated rings. The molecule has 2 aromatic rings. The van der Waals surface area contributed by atoms with Crippen molar-refractivity contribution < 1.29 is 33.3 Å². The van der Waals surface area contributed by atoms with Crippen LogP contribution in [0.15, 0.2) is 45.5 Å². The van der Waals surface area contributed by atoms with Gasteiger partial charge in [-0.1, -0.05) is 15.9 Å². The Morgan fingerprint density at radius 2 is 1.70 bits per heavy atom. The van der Waals surface area contributed by atoms with Gasteiger partial charge in [0, 0.05) is 22.5 Å². The first-order chi connectivity index (χ1) is 14.4. The van der Waals surface area contributed by atoms with Gasteiger partial charge in [-0.05, 0) is 36.4 Å². The highest BCUT2D eigenvalue weighted by Crippen LogP contribution is 2.39. The van der Waals surface area contributed by atoms with Crippen molar-refractivity contribution in [1.29, 1.82) is 0 Å². The van der Waals surface area contributed by atoms with E-state index in [0.717, 1.165) is 4.47 Å². The van der Waals surface area contributed by atoms with E-state index < -0.39 is 11.9 Å². The van der Waals surface area contributed by atoms with Crippen LogP contribution in [0.1, 0.15) is 18.1 Å². The molecule has 2 aromatic carbocycles. The Morgan fingerprint density at radius 1 is 1.03 bits per heavy atom. The number of esters is 2. The number of rotatable bonds is 6. The second kappa shape index (κ2) is 9.00. The number of cyclic esters (lactones) is 1. The summed E-state index contributed by atoms with van der Waals surface area (Å²) in [5.74, 6) is 0.445. The van der Waals surface area contributed by atoms with Gasteiger partial charge < -0.3 is 23.7 Å². The molecule has 3 rings (SSSR count). The van der Waals surface area contributed by atoms with E-state index in [1.807, 2.05) is 0 Å². The Morgan fingerprint density at radius 3 is 2.27 bits per heavy atom. The number of hydrogen-bond acceptors (Lipinski definition) is 8. The van der Waals surface area contributed by atoms with Crippen LogP contribution in [0.5, 0.6) is 23.0 Å². The quantitative estimate of drug-likeness (QED) is 0.356. The third kappa shape index (κ3) is 4.46. The Labute approximate surface area is 181 Å². The van der Waals surface area contributed by atoms with Gasteiger partial charge in [0.1, 0.15) is 5.75 Å². The molecule has 0 aromatic heterocycles. The molecule has 0 atom stereocenters. The van der Waals surface area contributed by atoms with Crippen molar-refractivity contribution in [3.63, 3.8) is 0 Å². The van der Waals surface area contributed by atoms with Gasteiger partial charge in [-0.2, -0.15) is 0 Å². The molecule has 8 nitrogen and oxygen atoms in total. The van der Waals surface area contributed by atoms with Crippen LogP contribution >= 0.6 is 15.9 Å². The predicted molar refractivity (Wildman–Crippen MR) is 112 cm³/mol. The Bertz CT molecular complexity index is 1050. The molecule has 0 spiro atoms. The Hall–Kier alpha value is -3.33. The number of methoxy groups -OCH3 is 3. The molecular weight excluding hydrogens is 458 g/mol. The number of benzene rings is 2. The van der Waals surface area contributed by atoms with Gasteiger partial charge in [0.15, 0.2) is 17.2 Å². The van der Waals surface area contributed by atoms with Crippen molar-refractivity contribution in [2.45, 2.75) is 6.92 Å². The summed E-state index contributed by atoms with van der Waals surface area (Å²) in [7, 11) is 4.46. The van der Waals surface area contributed by atoms with E-state index in [1.54, 1.807) is 30.3 Å². The lowest BCUT2D eigenvalue weighted by Gasteiger charge is -2.13. The van der Waals surface area contributed by atoms with Crippen LogP contribution in [-0.2, 0) is 14.3 Å². The van der Waals surface area contributed by atoms with Gasteiger partial charge in [0.05, 0.1) is 21.3 Å². The molecule has 1 heterocycles. The first-order valence-corrected chi connectivity index (χ1v) is 9.46. The second-order valence-corrected chi connectivity index (χ2v) is 6.94. The maximum absolute atomic E-state index is 12.4. The van der Waals surface area contributed by atoms with Gasteiger partial charge in [0.2, 0.25) is 11.6 Å². The van der Waals surface area contributed by atoms with Crippen LogP contribution in [0.25, 0.3) is 6.08 Å². The van der Waals surface area contributed by atoms with Gasteiger partial charge in [0.25, 0.3) is 0 Å². The number of halogens is 1. The fourth-order valence-corrected chi connectivity index (χ4v) is 3.14. The zero-order valence-corrected chi connectivity index (χ0v) is 18.2. The zero-order chi connectivity index (χ0) is 21.8. The summed E-state index contributed by atoms with van der Waals surface area (Å²) in [4.78, 5) is 28.0. The SMILES string of the molecule is COc1cc(C2=N/C(=C\c3cc(Br)ccc3OC(C)=O)C(=O)O2)cc(OC)c1OC. The smallest absolute Gasteiger partial charge is 0.363 e. The highest BCUT2D eigenvalue weighted by atomic mass is 79.9. The average molecular weight is 476 g/mol. The second-order valence-electron chi connectivity index (χ2n) is 6.03. The number of ether oxygens (including phenoxy) is 5. The van der Waals surface area contributed by atoms with Crippen LogP contribution < -0.4 is 18.9 Å².